The van der Waals surface area contributed by atoms with Crippen molar-refractivity contribution in [3.63, 3.8) is 0 Å². The Morgan fingerprint density at radius 1 is 0.745 bits per heavy atom. The summed E-state index contributed by atoms with van der Waals surface area (Å²) in [5.74, 6) is 2.22. The van der Waals surface area contributed by atoms with E-state index in [0.717, 1.165) is 49.4 Å². The molecule has 2 aromatic heterocycles. The van der Waals surface area contributed by atoms with Gasteiger partial charge in [-0.2, -0.15) is 0 Å². The molecular formula is C40H50AlLiN4O5S4. The Hall–Kier alpha value is -2.62. The summed E-state index contributed by atoms with van der Waals surface area (Å²) in [7, 11) is -6.53. The van der Waals surface area contributed by atoms with Gasteiger partial charge in [-0.3, -0.25) is 19.1 Å². The normalized spacial score (nSPS) is 26.7. The summed E-state index contributed by atoms with van der Waals surface area (Å²) in [5.41, 5.74) is 3.80. The number of anilines is 2. The van der Waals surface area contributed by atoms with Gasteiger partial charge in [0, 0.05) is 70.8 Å². The van der Waals surface area contributed by atoms with Crippen LogP contribution in [0.5, 0.6) is 0 Å². The molecule has 4 aromatic rings. The van der Waals surface area contributed by atoms with Crippen LogP contribution < -0.4 is 28.3 Å². The van der Waals surface area contributed by atoms with E-state index in [2.05, 4.69) is 70.0 Å². The van der Waals surface area contributed by atoms with Gasteiger partial charge in [0.2, 0.25) is 26.0 Å². The second-order valence-electron chi connectivity index (χ2n) is 15.1. The maximum Gasteiger partial charge on any atom is 1.00 e. The number of likely N-dealkylation sites (tertiary alicyclic amines) is 2. The van der Waals surface area contributed by atoms with Gasteiger partial charge in [0.15, 0.2) is 17.4 Å². The molecule has 0 bridgehead atoms. The number of benzene rings is 2. The summed E-state index contributed by atoms with van der Waals surface area (Å²) in [6.07, 6.45) is 10.3. The number of carbonyl (C=O) groups excluding carboxylic acids is 1. The molecule has 1 amide bonds. The van der Waals surface area contributed by atoms with Gasteiger partial charge >= 0.3 is 18.9 Å². The fourth-order valence-electron chi connectivity index (χ4n) is 8.64. The Labute approximate surface area is 358 Å². The Morgan fingerprint density at radius 2 is 1.20 bits per heavy atom. The first kappa shape index (κ1) is 43.5. The van der Waals surface area contributed by atoms with Crippen LogP contribution in [0.15, 0.2) is 95.7 Å². The van der Waals surface area contributed by atoms with Gasteiger partial charge in [0.05, 0.1) is 12.5 Å². The maximum absolute atomic E-state index is 12.4. The van der Waals surface area contributed by atoms with Crippen molar-refractivity contribution in [2.75, 3.05) is 54.7 Å². The minimum Gasteiger partial charge on any atom is -1.00 e. The number of amides is 1. The van der Waals surface area contributed by atoms with E-state index in [1.165, 1.54) is 16.7 Å². The molecule has 4 atom stereocenters. The Bertz CT molecular complexity index is 2230. The molecule has 9 nitrogen and oxygen atoms in total. The first-order valence-electron chi connectivity index (χ1n) is 17.7. The van der Waals surface area contributed by atoms with Crippen LogP contribution in [0.1, 0.15) is 36.2 Å². The fourth-order valence-corrected chi connectivity index (χ4v) is 11.0. The maximum atomic E-state index is 12.4. The smallest absolute Gasteiger partial charge is 1.00 e. The van der Waals surface area contributed by atoms with Crippen molar-refractivity contribution in [2.45, 2.75) is 24.7 Å². The van der Waals surface area contributed by atoms with Crippen LogP contribution >= 0.6 is 22.7 Å². The predicted octanol–water partition coefficient (Wildman–Crippen LogP) is 2.76. The number of thiophene rings is 2. The Morgan fingerprint density at radius 3 is 1.64 bits per heavy atom. The molecule has 4 fully saturated rings. The minimum atomic E-state index is -3.29. The van der Waals surface area contributed by atoms with E-state index >= 15 is 0 Å². The number of hydrogen-bond acceptors (Lipinski definition) is 8. The number of nitrogens with zero attached hydrogens (tertiary/aromatic N) is 2. The van der Waals surface area contributed by atoms with Crippen LogP contribution in [0, 0.1) is 23.7 Å². The van der Waals surface area contributed by atoms with Crippen molar-refractivity contribution < 1.29 is 41.9 Å². The molecule has 8 rings (SSSR count). The molecule has 4 aliphatic rings. The zero-order valence-electron chi connectivity index (χ0n) is 32.3. The zero-order chi connectivity index (χ0) is 37.6. The van der Waals surface area contributed by atoms with E-state index < -0.39 is 20.0 Å². The molecule has 15 heteroatoms. The van der Waals surface area contributed by atoms with Gasteiger partial charge < -0.3 is 6.33 Å². The second-order valence-corrected chi connectivity index (χ2v) is 20.6. The van der Waals surface area contributed by atoms with Gasteiger partial charge in [0.25, 0.3) is 0 Å². The number of sulfonamides is 2. The minimum absolute atomic E-state index is 0. The van der Waals surface area contributed by atoms with Crippen molar-refractivity contribution in [3.8, 4) is 0 Å². The monoisotopic (exact) mass is 828 g/mol. The predicted molar refractivity (Wildman–Crippen MR) is 229 cm³/mol. The third kappa shape index (κ3) is 9.92. The molecule has 4 unspecified atom stereocenters. The molecule has 4 heterocycles. The summed E-state index contributed by atoms with van der Waals surface area (Å²) in [4.78, 5) is 19.2. The first-order chi connectivity index (χ1) is 25.1. The van der Waals surface area contributed by atoms with Crippen LogP contribution in [0.4, 0.5) is 11.4 Å². The quantitative estimate of drug-likeness (QED) is 0.178. The summed E-state index contributed by atoms with van der Waals surface area (Å²) >= 11 is 3.38. The van der Waals surface area contributed by atoms with E-state index in [-0.39, 0.29) is 54.4 Å². The molecule has 2 N–H and O–H groups in total. The average molecular weight is 829 g/mol. The van der Waals surface area contributed by atoms with Gasteiger partial charge in [0.1, 0.15) is 0 Å². The number of nitrogens with one attached hydrogen (secondary N) is 2. The third-order valence-corrected chi connectivity index (χ3v) is 14.5. The van der Waals surface area contributed by atoms with Gasteiger partial charge in [-0.05, 0) is 94.1 Å². The molecule has 0 spiro atoms. The van der Waals surface area contributed by atoms with Crippen molar-refractivity contribution in [2.24, 2.45) is 23.7 Å². The molecule has 2 saturated heterocycles. The van der Waals surface area contributed by atoms with Crippen LogP contribution in [0.25, 0.3) is 12.2 Å². The molecule has 2 aliphatic heterocycles. The van der Waals surface area contributed by atoms with Crippen molar-refractivity contribution >= 4 is 89.5 Å². The molecule has 55 heavy (non-hydrogen) atoms. The molecule has 288 valence electrons. The number of fused-ring (bicyclic) bond motifs is 2. The molecule has 2 aromatic carbocycles. The van der Waals surface area contributed by atoms with Crippen LogP contribution in [-0.2, 0) is 35.7 Å². The van der Waals surface area contributed by atoms with Gasteiger partial charge in [-0.1, -0.05) is 56.3 Å². The van der Waals surface area contributed by atoms with E-state index in [4.69, 9.17) is 0 Å². The van der Waals surface area contributed by atoms with E-state index in [1.807, 2.05) is 58.8 Å². The summed E-state index contributed by atoms with van der Waals surface area (Å²) in [5, 5.41) is 4.09. The standard InChI is InChI=1S/C20H22N2O3S2.C20H24N2O2S2.Al.Li.4H/c1-20(14-5-3-6-15(11-14)21-27(2,24)25)17-12-22(13-18(17)20)19(23)9-8-16-7-4-10-26-16;1-20(15-6-3-7-16(12-15)21-26(2,23)24)18-13-22(14-19(18)20)10-4-8-17-9-5-11-25-17;;;;;;/h3-11,17-18,21H,12-13H2,1-2H3;3-9,11-12,18-19,21H,10,13-14H2,1-2H3;;;;;;/q;;;+1;;;;-1/b9-8+;8-4+;;;;;;. The number of rotatable bonds is 11. The van der Waals surface area contributed by atoms with Crippen molar-refractivity contribution in [1.82, 2.24) is 9.80 Å². The number of hydrogen-bond donors (Lipinski definition) is 2. The third-order valence-electron chi connectivity index (χ3n) is 11.6. The van der Waals surface area contributed by atoms with Crippen LogP contribution in [-0.4, -0.2) is 95.1 Å². The average Bonchev–Trinajstić information content (AvgIpc) is 3.68. The number of carbonyl (C=O) groups is 1. The zero-order valence-corrected chi connectivity index (χ0v) is 34.6. The molecular weight excluding hydrogens is 779 g/mol. The van der Waals surface area contributed by atoms with Gasteiger partial charge in [-0.25, -0.2) is 16.8 Å². The summed E-state index contributed by atoms with van der Waals surface area (Å²) in [6.45, 7) is 9.25. The summed E-state index contributed by atoms with van der Waals surface area (Å²) in [6, 6.07) is 23.7. The molecule has 2 saturated carbocycles. The van der Waals surface area contributed by atoms with Crippen molar-refractivity contribution in [3.05, 3.63) is 117 Å². The van der Waals surface area contributed by atoms with Crippen LogP contribution in [0.2, 0.25) is 0 Å². The fraction of sp³-hybridized carbons (Fsp3) is 0.375. The molecule has 2 aliphatic carbocycles. The number of piperidine rings is 2. The van der Waals surface area contributed by atoms with E-state index in [1.54, 1.807) is 34.8 Å². The van der Waals surface area contributed by atoms with E-state index in [9.17, 15) is 21.6 Å². The van der Waals surface area contributed by atoms with E-state index in [0.29, 0.717) is 35.0 Å². The van der Waals surface area contributed by atoms with Gasteiger partial charge in [-0.15, -0.1) is 22.7 Å². The summed E-state index contributed by atoms with van der Waals surface area (Å²) < 4.78 is 51.0. The largest absolute Gasteiger partial charge is 1.00 e. The second kappa shape index (κ2) is 17.1. The Kier molecular flexibility index (Phi) is 13.5. The van der Waals surface area contributed by atoms with Crippen molar-refractivity contribution in [1.29, 1.82) is 0 Å². The topological polar surface area (TPSA) is 116 Å². The Balaban J connectivity index is 0.000000236. The SMILES string of the molecule is CC1(c2cccc(NS(C)(=O)=O)c2)C2CN(C(=O)/C=C/c3cccs3)CC21.CC1(c2cccc(NS(C)(=O)=O)c2)C2CN(C/C=C/c3cccs3)CC21.[AlH3].[H-].[Li+]. The first-order valence-corrected chi connectivity index (χ1v) is 23.3. The van der Waals surface area contributed by atoms with Crippen LogP contribution in [0.3, 0.4) is 0 Å². The molecule has 0 radical (unpaired) electrons.